The zero-order chi connectivity index (χ0) is 18.3. The number of rotatable bonds is 2. The summed E-state index contributed by atoms with van der Waals surface area (Å²) < 4.78 is 33.1. The summed E-state index contributed by atoms with van der Waals surface area (Å²) in [4.78, 5) is 20.0. The van der Waals surface area contributed by atoms with Crippen LogP contribution in [0.1, 0.15) is 11.4 Å². The van der Waals surface area contributed by atoms with E-state index >= 15 is 0 Å². The number of fused-ring (bicyclic) bond motifs is 1. The number of ether oxygens (including phenoxy) is 1. The molecule has 0 saturated carbocycles. The molecule has 2 aromatic heterocycles. The summed E-state index contributed by atoms with van der Waals surface area (Å²) in [6.07, 6.45) is 0. The molecule has 0 atom stereocenters. The van der Waals surface area contributed by atoms with E-state index in [4.69, 9.17) is 4.74 Å². The lowest BCUT2D eigenvalue weighted by atomic mass is 10.1. The van der Waals surface area contributed by atoms with Gasteiger partial charge in [0, 0.05) is 24.7 Å². The van der Waals surface area contributed by atoms with Gasteiger partial charge in [-0.2, -0.15) is 4.98 Å². The number of hydrogen-bond donors (Lipinski definition) is 0. The van der Waals surface area contributed by atoms with Gasteiger partial charge >= 0.3 is 0 Å². The van der Waals surface area contributed by atoms with Crippen LogP contribution in [0.5, 0.6) is 0 Å². The van der Waals surface area contributed by atoms with Gasteiger partial charge in [0.25, 0.3) is 0 Å². The van der Waals surface area contributed by atoms with E-state index in [1.54, 1.807) is 0 Å². The maximum absolute atomic E-state index is 14.4. The lowest BCUT2D eigenvalue weighted by Crippen LogP contribution is -2.37. The average Bonchev–Trinajstić information content (AvgIpc) is 2.63. The molecular formula is C18H17F2N5O. The molecule has 26 heavy (non-hydrogen) atoms. The van der Waals surface area contributed by atoms with Gasteiger partial charge in [0.05, 0.1) is 24.6 Å². The lowest BCUT2D eigenvalue weighted by Gasteiger charge is -2.27. The SMILES string of the molecule is Cc1nc2nc(N3CCOCC3)nc(-c3ccc(F)cc3F)c2nc1C. The minimum atomic E-state index is -0.696. The third kappa shape index (κ3) is 2.96. The molecule has 1 fully saturated rings. The fourth-order valence-electron chi connectivity index (χ4n) is 2.87. The molecule has 0 bridgehead atoms. The first kappa shape index (κ1) is 16.7. The fourth-order valence-corrected chi connectivity index (χ4v) is 2.87. The van der Waals surface area contributed by atoms with Crippen LogP contribution >= 0.6 is 0 Å². The van der Waals surface area contributed by atoms with Crippen LogP contribution in [0, 0.1) is 25.5 Å². The first-order valence-electron chi connectivity index (χ1n) is 8.34. The van der Waals surface area contributed by atoms with E-state index in [2.05, 4.69) is 19.9 Å². The van der Waals surface area contributed by atoms with Crippen molar-refractivity contribution in [3.63, 3.8) is 0 Å². The van der Waals surface area contributed by atoms with Crippen molar-refractivity contribution in [2.24, 2.45) is 0 Å². The third-order valence-electron chi connectivity index (χ3n) is 4.41. The van der Waals surface area contributed by atoms with Crippen molar-refractivity contribution in [1.29, 1.82) is 0 Å². The van der Waals surface area contributed by atoms with Crippen molar-refractivity contribution >= 4 is 17.1 Å². The number of benzene rings is 1. The number of morpholine rings is 1. The molecule has 1 aromatic carbocycles. The van der Waals surface area contributed by atoms with Crippen LogP contribution in [0.15, 0.2) is 18.2 Å². The maximum atomic E-state index is 14.4. The van der Waals surface area contributed by atoms with Gasteiger partial charge in [-0.25, -0.2) is 23.7 Å². The predicted molar refractivity (Wildman–Crippen MR) is 93.0 cm³/mol. The van der Waals surface area contributed by atoms with E-state index in [-0.39, 0.29) is 5.56 Å². The highest BCUT2D eigenvalue weighted by molar-refractivity contribution is 5.88. The second kappa shape index (κ2) is 6.53. The molecule has 6 nitrogen and oxygen atoms in total. The van der Waals surface area contributed by atoms with Gasteiger partial charge in [0.15, 0.2) is 5.65 Å². The monoisotopic (exact) mass is 357 g/mol. The number of halogens is 2. The molecular weight excluding hydrogens is 340 g/mol. The lowest BCUT2D eigenvalue weighted by molar-refractivity contribution is 0.122. The quantitative estimate of drug-likeness (QED) is 0.703. The molecule has 1 aliphatic rings. The summed E-state index contributed by atoms with van der Waals surface area (Å²) in [6.45, 7) is 6.07. The van der Waals surface area contributed by atoms with E-state index < -0.39 is 11.6 Å². The topological polar surface area (TPSA) is 64.0 Å². The molecule has 1 aliphatic heterocycles. The third-order valence-corrected chi connectivity index (χ3v) is 4.41. The van der Waals surface area contributed by atoms with Crippen LogP contribution in [-0.2, 0) is 4.74 Å². The maximum Gasteiger partial charge on any atom is 0.228 e. The highest BCUT2D eigenvalue weighted by Crippen LogP contribution is 2.29. The largest absolute Gasteiger partial charge is 0.378 e. The van der Waals surface area contributed by atoms with E-state index in [0.717, 1.165) is 11.8 Å². The summed E-state index contributed by atoms with van der Waals surface area (Å²) in [7, 11) is 0. The molecule has 3 heterocycles. The van der Waals surface area contributed by atoms with Crippen molar-refractivity contribution in [2.45, 2.75) is 13.8 Å². The second-order valence-corrected chi connectivity index (χ2v) is 6.16. The Bertz CT molecular complexity index is 989. The Morgan fingerprint density at radius 3 is 2.42 bits per heavy atom. The van der Waals surface area contributed by atoms with E-state index in [0.29, 0.717) is 54.8 Å². The number of nitrogens with zero attached hydrogens (tertiary/aromatic N) is 5. The van der Waals surface area contributed by atoms with Gasteiger partial charge in [0.1, 0.15) is 22.8 Å². The molecule has 8 heteroatoms. The van der Waals surface area contributed by atoms with Crippen LogP contribution < -0.4 is 4.90 Å². The van der Waals surface area contributed by atoms with Crippen LogP contribution in [0.3, 0.4) is 0 Å². The Labute approximate surface area is 148 Å². The van der Waals surface area contributed by atoms with Crippen LogP contribution in [0.4, 0.5) is 14.7 Å². The van der Waals surface area contributed by atoms with Gasteiger partial charge in [-0.15, -0.1) is 0 Å². The summed E-state index contributed by atoms with van der Waals surface area (Å²) in [5, 5.41) is 0. The van der Waals surface area contributed by atoms with Gasteiger partial charge in [-0.3, -0.25) is 0 Å². The number of anilines is 1. The number of aryl methyl sites for hydroxylation is 2. The molecule has 0 unspecified atom stereocenters. The molecule has 1 saturated heterocycles. The van der Waals surface area contributed by atoms with Gasteiger partial charge in [-0.05, 0) is 26.0 Å². The summed E-state index contributed by atoms with van der Waals surface area (Å²) in [5.74, 6) is -0.897. The fraction of sp³-hybridized carbons (Fsp3) is 0.333. The van der Waals surface area contributed by atoms with E-state index in [1.165, 1.54) is 12.1 Å². The molecule has 0 N–H and O–H groups in total. The molecule has 134 valence electrons. The van der Waals surface area contributed by atoms with Crippen LogP contribution in [0.25, 0.3) is 22.4 Å². The standard InChI is InChI=1S/C18H17F2N5O/c1-10-11(2)22-17-16(21-10)15(13-4-3-12(19)9-14(13)20)23-18(24-17)25-5-7-26-8-6-25/h3-4,9H,5-8H2,1-2H3. The zero-order valence-corrected chi connectivity index (χ0v) is 14.5. The molecule has 0 spiro atoms. The van der Waals surface area contributed by atoms with Gasteiger partial charge in [0.2, 0.25) is 5.95 Å². The predicted octanol–water partition coefficient (Wildman–Crippen LogP) is 2.82. The summed E-state index contributed by atoms with van der Waals surface area (Å²) in [6, 6.07) is 3.41. The van der Waals surface area contributed by atoms with Gasteiger partial charge < -0.3 is 9.64 Å². The average molecular weight is 357 g/mol. The summed E-state index contributed by atoms with van der Waals surface area (Å²) in [5.41, 5.74) is 2.73. The smallest absolute Gasteiger partial charge is 0.228 e. The minimum Gasteiger partial charge on any atom is -0.378 e. The zero-order valence-electron chi connectivity index (χ0n) is 14.5. The molecule has 4 rings (SSSR count). The Balaban J connectivity index is 1.97. The van der Waals surface area contributed by atoms with Crippen LogP contribution in [-0.4, -0.2) is 46.2 Å². The van der Waals surface area contributed by atoms with Crippen LogP contribution in [0.2, 0.25) is 0 Å². The Kier molecular flexibility index (Phi) is 4.20. The Morgan fingerprint density at radius 1 is 0.962 bits per heavy atom. The number of aromatic nitrogens is 4. The molecule has 3 aromatic rings. The summed E-state index contributed by atoms with van der Waals surface area (Å²) >= 11 is 0. The number of hydrogen-bond acceptors (Lipinski definition) is 6. The normalized spacial score (nSPS) is 14.8. The first-order valence-corrected chi connectivity index (χ1v) is 8.34. The highest BCUT2D eigenvalue weighted by Gasteiger charge is 2.21. The van der Waals surface area contributed by atoms with Crippen molar-refractivity contribution < 1.29 is 13.5 Å². The van der Waals surface area contributed by atoms with E-state index in [9.17, 15) is 8.78 Å². The second-order valence-electron chi connectivity index (χ2n) is 6.16. The molecule has 0 amide bonds. The van der Waals surface area contributed by atoms with E-state index in [1.807, 2.05) is 18.7 Å². The van der Waals surface area contributed by atoms with Crippen molar-refractivity contribution in [1.82, 2.24) is 19.9 Å². The van der Waals surface area contributed by atoms with Gasteiger partial charge in [-0.1, -0.05) is 0 Å². The Morgan fingerprint density at radius 2 is 1.69 bits per heavy atom. The molecule has 0 radical (unpaired) electrons. The van der Waals surface area contributed by atoms with Crippen molar-refractivity contribution in [3.8, 4) is 11.3 Å². The minimum absolute atomic E-state index is 0.172. The molecule has 0 aliphatic carbocycles. The van der Waals surface area contributed by atoms with Crippen molar-refractivity contribution in [3.05, 3.63) is 41.2 Å². The first-order chi connectivity index (χ1) is 12.5. The Hall–Kier alpha value is -2.74. The highest BCUT2D eigenvalue weighted by atomic mass is 19.1. The van der Waals surface area contributed by atoms with Crippen molar-refractivity contribution in [2.75, 3.05) is 31.2 Å².